The van der Waals surface area contributed by atoms with E-state index in [-0.39, 0.29) is 30.5 Å². The van der Waals surface area contributed by atoms with E-state index < -0.39 is 11.6 Å². The van der Waals surface area contributed by atoms with Crippen LogP contribution in [0.5, 0.6) is 0 Å². The highest BCUT2D eigenvalue weighted by molar-refractivity contribution is 5.92. The van der Waals surface area contributed by atoms with Crippen LogP contribution in [0.1, 0.15) is 12.8 Å². The van der Waals surface area contributed by atoms with Crippen LogP contribution in [0.15, 0.2) is 18.2 Å². The normalized spacial score (nSPS) is 24.5. The van der Waals surface area contributed by atoms with Crippen molar-refractivity contribution in [1.29, 1.82) is 0 Å². The Balaban J connectivity index is 0.00000176. The molecule has 0 saturated carbocycles. The van der Waals surface area contributed by atoms with Crippen molar-refractivity contribution < 1.29 is 13.6 Å². The van der Waals surface area contributed by atoms with Crippen LogP contribution in [0, 0.1) is 17.0 Å². The van der Waals surface area contributed by atoms with E-state index in [0.29, 0.717) is 5.41 Å². The molecule has 1 amide bonds. The molecule has 2 heterocycles. The molecule has 4 nitrogen and oxygen atoms in total. The molecular formula is C15H20ClF2N3O. The minimum Gasteiger partial charge on any atom is -0.325 e. The van der Waals surface area contributed by atoms with Gasteiger partial charge in [-0.05, 0) is 43.5 Å². The molecule has 1 atom stereocenters. The average Bonchev–Trinajstić information content (AvgIpc) is 2.99. The lowest BCUT2D eigenvalue weighted by atomic mass is 9.87. The quantitative estimate of drug-likeness (QED) is 0.890. The van der Waals surface area contributed by atoms with Gasteiger partial charge in [-0.1, -0.05) is 0 Å². The van der Waals surface area contributed by atoms with Gasteiger partial charge >= 0.3 is 0 Å². The van der Waals surface area contributed by atoms with Crippen molar-refractivity contribution in [2.24, 2.45) is 5.41 Å². The van der Waals surface area contributed by atoms with Gasteiger partial charge < -0.3 is 10.6 Å². The second-order valence-corrected chi connectivity index (χ2v) is 6.09. The van der Waals surface area contributed by atoms with Crippen LogP contribution in [0.25, 0.3) is 0 Å². The zero-order valence-corrected chi connectivity index (χ0v) is 13.0. The van der Waals surface area contributed by atoms with Crippen LogP contribution in [0.2, 0.25) is 0 Å². The molecule has 0 radical (unpaired) electrons. The molecule has 2 N–H and O–H groups in total. The lowest BCUT2D eigenvalue weighted by molar-refractivity contribution is -0.117. The van der Waals surface area contributed by atoms with E-state index >= 15 is 0 Å². The van der Waals surface area contributed by atoms with Gasteiger partial charge in [0.05, 0.1) is 6.54 Å². The van der Waals surface area contributed by atoms with E-state index in [1.807, 2.05) is 0 Å². The molecule has 1 unspecified atom stereocenters. The van der Waals surface area contributed by atoms with Crippen LogP contribution in [-0.2, 0) is 4.79 Å². The van der Waals surface area contributed by atoms with E-state index in [1.165, 1.54) is 0 Å². The molecule has 2 aliphatic heterocycles. The van der Waals surface area contributed by atoms with Crippen molar-refractivity contribution >= 4 is 24.0 Å². The average molecular weight is 332 g/mol. The molecule has 1 spiro atoms. The van der Waals surface area contributed by atoms with Crippen molar-refractivity contribution in [3.8, 4) is 0 Å². The molecule has 0 aromatic heterocycles. The molecule has 0 bridgehead atoms. The molecule has 3 rings (SSSR count). The number of hydrogen-bond donors (Lipinski definition) is 2. The summed E-state index contributed by atoms with van der Waals surface area (Å²) in [6, 6.07) is 3.02. The Hall–Kier alpha value is -1.24. The zero-order chi connectivity index (χ0) is 14.9. The standard InChI is InChI=1S/C15H19F2N3O.ClH/c16-11-5-12(17)7-13(6-11)19-14(21)8-20-4-2-15(10-20)1-3-18-9-15;/h5-7,18H,1-4,8-10H2,(H,19,21);1H. The summed E-state index contributed by atoms with van der Waals surface area (Å²) in [4.78, 5) is 14.1. The summed E-state index contributed by atoms with van der Waals surface area (Å²) in [7, 11) is 0. The maximum Gasteiger partial charge on any atom is 0.238 e. The van der Waals surface area contributed by atoms with E-state index in [9.17, 15) is 13.6 Å². The number of hydrogen-bond acceptors (Lipinski definition) is 3. The lowest BCUT2D eigenvalue weighted by Gasteiger charge is -2.22. The van der Waals surface area contributed by atoms with Crippen LogP contribution < -0.4 is 10.6 Å². The smallest absolute Gasteiger partial charge is 0.238 e. The molecule has 1 aromatic carbocycles. The Kier molecular flexibility index (Phi) is 5.36. The molecule has 1 aromatic rings. The molecule has 122 valence electrons. The van der Waals surface area contributed by atoms with Gasteiger partial charge in [0.2, 0.25) is 5.91 Å². The number of likely N-dealkylation sites (tertiary alicyclic amines) is 1. The third-order valence-corrected chi connectivity index (χ3v) is 4.36. The summed E-state index contributed by atoms with van der Waals surface area (Å²) >= 11 is 0. The van der Waals surface area contributed by atoms with E-state index in [0.717, 1.165) is 57.2 Å². The van der Waals surface area contributed by atoms with Gasteiger partial charge in [-0.25, -0.2) is 8.78 Å². The van der Waals surface area contributed by atoms with E-state index in [4.69, 9.17) is 0 Å². The highest BCUT2D eigenvalue weighted by Crippen LogP contribution is 2.35. The summed E-state index contributed by atoms with van der Waals surface area (Å²) in [5, 5.41) is 5.92. The number of nitrogens with zero attached hydrogens (tertiary/aromatic N) is 1. The molecule has 0 aliphatic carbocycles. The van der Waals surface area contributed by atoms with Crippen molar-refractivity contribution in [1.82, 2.24) is 10.2 Å². The van der Waals surface area contributed by atoms with Gasteiger partial charge in [0.15, 0.2) is 0 Å². The van der Waals surface area contributed by atoms with Gasteiger partial charge in [0.25, 0.3) is 0 Å². The van der Waals surface area contributed by atoms with Crippen LogP contribution in [0.3, 0.4) is 0 Å². The predicted molar refractivity (Wildman–Crippen MR) is 83.2 cm³/mol. The summed E-state index contributed by atoms with van der Waals surface area (Å²) in [5.74, 6) is -1.62. The second kappa shape index (κ2) is 6.89. The van der Waals surface area contributed by atoms with Crippen LogP contribution >= 0.6 is 12.4 Å². The fraction of sp³-hybridized carbons (Fsp3) is 0.533. The first-order valence-electron chi connectivity index (χ1n) is 7.24. The first-order chi connectivity index (χ1) is 10.0. The fourth-order valence-corrected chi connectivity index (χ4v) is 3.34. The predicted octanol–water partition coefficient (Wildman–Crippen LogP) is 2.01. The summed E-state index contributed by atoms with van der Waals surface area (Å²) in [6.45, 7) is 4.13. The topological polar surface area (TPSA) is 44.4 Å². The number of carbonyl (C=O) groups excluding carboxylic acids is 1. The van der Waals surface area contributed by atoms with Crippen LogP contribution in [-0.4, -0.2) is 43.5 Å². The Morgan fingerprint density at radius 1 is 1.27 bits per heavy atom. The maximum absolute atomic E-state index is 13.1. The van der Waals surface area contributed by atoms with Crippen molar-refractivity contribution in [3.05, 3.63) is 29.8 Å². The Labute approximate surface area is 134 Å². The minimum atomic E-state index is -0.692. The minimum absolute atomic E-state index is 0. The van der Waals surface area contributed by atoms with Gasteiger partial charge in [0, 0.05) is 24.8 Å². The van der Waals surface area contributed by atoms with Gasteiger partial charge in [-0.15, -0.1) is 12.4 Å². The molecule has 2 aliphatic rings. The number of nitrogens with one attached hydrogen (secondary N) is 2. The SMILES string of the molecule is Cl.O=C(CN1CCC2(CCNC2)C1)Nc1cc(F)cc(F)c1. The first kappa shape index (κ1) is 17.1. The first-order valence-corrected chi connectivity index (χ1v) is 7.24. The fourth-order valence-electron chi connectivity index (χ4n) is 3.34. The highest BCUT2D eigenvalue weighted by Gasteiger charge is 2.40. The molecule has 2 fully saturated rings. The van der Waals surface area contributed by atoms with Crippen molar-refractivity contribution in [3.63, 3.8) is 0 Å². The summed E-state index contributed by atoms with van der Waals surface area (Å²) in [6.07, 6.45) is 2.25. The number of halogens is 3. The number of benzene rings is 1. The second-order valence-electron chi connectivity index (χ2n) is 6.09. The maximum atomic E-state index is 13.1. The van der Waals surface area contributed by atoms with Gasteiger partial charge in [-0.2, -0.15) is 0 Å². The number of carbonyl (C=O) groups is 1. The third-order valence-electron chi connectivity index (χ3n) is 4.36. The monoisotopic (exact) mass is 331 g/mol. The van der Waals surface area contributed by atoms with Crippen molar-refractivity contribution in [2.45, 2.75) is 12.8 Å². The number of rotatable bonds is 3. The number of amides is 1. The molecule has 7 heteroatoms. The van der Waals surface area contributed by atoms with Crippen molar-refractivity contribution in [2.75, 3.05) is 38.0 Å². The highest BCUT2D eigenvalue weighted by atomic mass is 35.5. The van der Waals surface area contributed by atoms with Gasteiger partial charge in [-0.3, -0.25) is 9.69 Å². The Bertz CT molecular complexity index is 529. The molecular weight excluding hydrogens is 312 g/mol. The largest absolute Gasteiger partial charge is 0.325 e. The molecule has 22 heavy (non-hydrogen) atoms. The summed E-state index contributed by atoms with van der Waals surface area (Å²) in [5.41, 5.74) is 0.472. The number of anilines is 1. The lowest BCUT2D eigenvalue weighted by Crippen LogP contribution is -2.34. The van der Waals surface area contributed by atoms with E-state index in [2.05, 4.69) is 15.5 Å². The summed E-state index contributed by atoms with van der Waals surface area (Å²) < 4.78 is 26.1. The molecule has 2 saturated heterocycles. The van der Waals surface area contributed by atoms with Crippen LogP contribution in [0.4, 0.5) is 14.5 Å². The van der Waals surface area contributed by atoms with Gasteiger partial charge in [0.1, 0.15) is 11.6 Å². The Morgan fingerprint density at radius 2 is 2.00 bits per heavy atom. The zero-order valence-electron chi connectivity index (χ0n) is 12.2. The third kappa shape index (κ3) is 3.94. The van der Waals surface area contributed by atoms with E-state index in [1.54, 1.807) is 0 Å². The Morgan fingerprint density at radius 3 is 2.64 bits per heavy atom.